The number of nitrogens with zero attached hydrogens (tertiary/aromatic N) is 2. The zero-order chi connectivity index (χ0) is 12.0. The van der Waals surface area contributed by atoms with Gasteiger partial charge in [0, 0.05) is 18.5 Å². The topological polar surface area (TPSA) is 17.8 Å². The molecule has 3 heteroatoms. The molecule has 1 aromatic carbocycles. The molecule has 2 aromatic rings. The Morgan fingerprint density at radius 1 is 1.35 bits per heavy atom. The lowest BCUT2D eigenvalue weighted by molar-refractivity contribution is 0.750. The van der Waals surface area contributed by atoms with Crippen molar-refractivity contribution >= 4 is 15.9 Å². The maximum absolute atomic E-state index is 4.65. The van der Waals surface area contributed by atoms with Crippen LogP contribution in [-0.2, 0) is 7.05 Å². The Kier molecular flexibility index (Phi) is 2.58. The predicted molar refractivity (Wildman–Crippen MR) is 73.1 cm³/mol. The lowest BCUT2D eigenvalue weighted by atomic mass is 10.1. The normalized spacial score (nSPS) is 15.2. The zero-order valence-corrected chi connectivity index (χ0v) is 11.7. The van der Waals surface area contributed by atoms with Crippen molar-refractivity contribution in [2.24, 2.45) is 7.05 Å². The average molecular weight is 291 g/mol. The van der Waals surface area contributed by atoms with Gasteiger partial charge in [0.15, 0.2) is 0 Å². The molecular weight excluding hydrogens is 276 g/mol. The average Bonchev–Trinajstić information content (AvgIpc) is 3.06. The highest BCUT2D eigenvalue weighted by Gasteiger charge is 2.30. The molecule has 1 aliphatic carbocycles. The van der Waals surface area contributed by atoms with Crippen molar-refractivity contribution in [1.82, 2.24) is 9.78 Å². The van der Waals surface area contributed by atoms with Crippen LogP contribution in [0.3, 0.4) is 0 Å². The summed E-state index contributed by atoms with van der Waals surface area (Å²) in [5.41, 5.74) is 4.93. The van der Waals surface area contributed by atoms with E-state index in [1.165, 1.54) is 39.8 Å². The second-order valence-electron chi connectivity index (χ2n) is 4.82. The van der Waals surface area contributed by atoms with Crippen LogP contribution in [0.1, 0.15) is 30.0 Å². The minimum absolute atomic E-state index is 0.675. The molecule has 0 atom stereocenters. The van der Waals surface area contributed by atoms with Crippen LogP contribution in [0.2, 0.25) is 0 Å². The Labute approximate surface area is 110 Å². The molecular formula is C14H15BrN2. The smallest absolute Gasteiger partial charge is 0.0824 e. The molecule has 0 spiro atoms. The molecule has 0 unspecified atom stereocenters. The van der Waals surface area contributed by atoms with Gasteiger partial charge in [0.1, 0.15) is 0 Å². The summed E-state index contributed by atoms with van der Waals surface area (Å²) in [6.07, 6.45) is 2.56. The van der Waals surface area contributed by atoms with Crippen molar-refractivity contribution in [2.45, 2.75) is 25.7 Å². The summed E-state index contributed by atoms with van der Waals surface area (Å²) in [6, 6.07) is 8.57. The Morgan fingerprint density at radius 3 is 2.76 bits per heavy atom. The highest BCUT2D eigenvalue weighted by Crippen LogP contribution is 2.45. The van der Waals surface area contributed by atoms with E-state index in [0.717, 1.165) is 0 Å². The van der Waals surface area contributed by atoms with Crippen molar-refractivity contribution in [3.8, 4) is 11.3 Å². The third-order valence-corrected chi connectivity index (χ3v) is 4.05. The molecule has 1 heterocycles. The number of hydrogen-bond donors (Lipinski definition) is 0. The van der Waals surface area contributed by atoms with Crippen LogP contribution in [0.25, 0.3) is 11.3 Å². The number of aryl methyl sites for hydroxylation is 2. The first-order valence-corrected chi connectivity index (χ1v) is 6.75. The van der Waals surface area contributed by atoms with E-state index in [2.05, 4.69) is 52.2 Å². The molecule has 1 aromatic heterocycles. The maximum Gasteiger partial charge on any atom is 0.0824 e. The van der Waals surface area contributed by atoms with Crippen LogP contribution in [0.5, 0.6) is 0 Å². The van der Waals surface area contributed by atoms with Gasteiger partial charge in [0.2, 0.25) is 0 Å². The van der Waals surface area contributed by atoms with Crippen molar-refractivity contribution in [3.05, 3.63) is 40.0 Å². The number of hydrogen-bond acceptors (Lipinski definition) is 1. The van der Waals surface area contributed by atoms with Crippen molar-refractivity contribution in [1.29, 1.82) is 0 Å². The number of benzene rings is 1. The van der Waals surface area contributed by atoms with Gasteiger partial charge in [0.25, 0.3) is 0 Å². The Balaban J connectivity index is 2.13. The Hall–Kier alpha value is -1.09. The van der Waals surface area contributed by atoms with E-state index in [4.69, 9.17) is 0 Å². The molecule has 1 saturated carbocycles. The van der Waals surface area contributed by atoms with E-state index < -0.39 is 0 Å². The van der Waals surface area contributed by atoms with E-state index in [1.54, 1.807) is 0 Å². The number of halogens is 1. The van der Waals surface area contributed by atoms with Gasteiger partial charge in [-0.3, -0.25) is 4.68 Å². The van der Waals surface area contributed by atoms with Crippen LogP contribution in [-0.4, -0.2) is 9.78 Å². The largest absolute Gasteiger partial charge is 0.266 e. The van der Waals surface area contributed by atoms with Gasteiger partial charge in [-0.2, -0.15) is 5.10 Å². The fourth-order valence-corrected chi connectivity index (χ4v) is 3.13. The second kappa shape index (κ2) is 3.98. The monoisotopic (exact) mass is 290 g/mol. The van der Waals surface area contributed by atoms with Gasteiger partial charge in [-0.15, -0.1) is 0 Å². The van der Waals surface area contributed by atoms with Crippen LogP contribution in [0.4, 0.5) is 0 Å². The van der Waals surface area contributed by atoms with Gasteiger partial charge >= 0.3 is 0 Å². The minimum atomic E-state index is 0.675. The van der Waals surface area contributed by atoms with Crippen LogP contribution in [0, 0.1) is 6.92 Å². The number of rotatable bonds is 2. The van der Waals surface area contributed by atoms with Crippen molar-refractivity contribution in [3.63, 3.8) is 0 Å². The molecule has 0 saturated heterocycles. The fraction of sp³-hybridized carbons (Fsp3) is 0.357. The van der Waals surface area contributed by atoms with Crippen LogP contribution < -0.4 is 0 Å². The zero-order valence-electron chi connectivity index (χ0n) is 10.1. The summed E-state index contributed by atoms with van der Waals surface area (Å²) in [7, 11) is 2.02. The van der Waals surface area contributed by atoms with Crippen LogP contribution >= 0.6 is 15.9 Å². The van der Waals surface area contributed by atoms with E-state index in [-0.39, 0.29) is 0 Å². The first kappa shape index (κ1) is 11.0. The minimum Gasteiger partial charge on any atom is -0.266 e. The predicted octanol–water partition coefficient (Wildman–Crippen LogP) is 4.04. The molecule has 1 fully saturated rings. The molecule has 17 heavy (non-hydrogen) atoms. The van der Waals surface area contributed by atoms with Gasteiger partial charge in [-0.1, -0.05) is 23.8 Å². The van der Waals surface area contributed by atoms with E-state index in [1.807, 2.05) is 11.7 Å². The lowest BCUT2D eigenvalue weighted by Gasteiger charge is -2.04. The Bertz CT molecular complexity index is 568. The second-order valence-corrected chi connectivity index (χ2v) is 5.61. The molecule has 0 amide bonds. The summed E-state index contributed by atoms with van der Waals surface area (Å²) >= 11 is 3.72. The summed E-state index contributed by atoms with van der Waals surface area (Å²) in [5, 5.41) is 4.65. The molecule has 0 bridgehead atoms. The molecule has 0 aliphatic heterocycles. The maximum atomic E-state index is 4.65. The first-order chi connectivity index (χ1) is 8.16. The highest BCUT2D eigenvalue weighted by molar-refractivity contribution is 9.10. The van der Waals surface area contributed by atoms with E-state index in [9.17, 15) is 0 Å². The van der Waals surface area contributed by atoms with Gasteiger partial charge < -0.3 is 0 Å². The van der Waals surface area contributed by atoms with Crippen molar-refractivity contribution < 1.29 is 0 Å². The fourth-order valence-electron chi connectivity index (χ4n) is 2.24. The summed E-state index contributed by atoms with van der Waals surface area (Å²) < 4.78 is 3.17. The molecule has 2 nitrogen and oxygen atoms in total. The third kappa shape index (κ3) is 1.93. The molecule has 88 valence electrons. The molecule has 0 radical (unpaired) electrons. The molecule has 3 rings (SSSR count). The van der Waals surface area contributed by atoms with Crippen LogP contribution in [0.15, 0.2) is 28.7 Å². The third-order valence-electron chi connectivity index (χ3n) is 3.27. The van der Waals surface area contributed by atoms with Gasteiger partial charge in [-0.25, -0.2) is 0 Å². The van der Waals surface area contributed by atoms with E-state index >= 15 is 0 Å². The lowest BCUT2D eigenvalue weighted by Crippen LogP contribution is -1.94. The Morgan fingerprint density at radius 2 is 2.12 bits per heavy atom. The summed E-state index contributed by atoms with van der Waals surface area (Å²) in [6.45, 7) is 2.12. The quantitative estimate of drug-likeness (QED) is 0.816. The van der Waals surface area contributed by atoms with Crippen molar-refractivity contribution in [2.75, 3.05) is 0 Å². The van der Waals surface area contributed by atoms with E-state index in [0.29, 0.717) is 5.92 Å². The number of aromatic nitrogens is 2. The standard InChI is InChI=1S/C14H15BrN2/c1-9-4-3-5-11(8-9)14-12(15)13(10-6-7-10)16-17(14)2/h3-5,8,10H,6-7H2,1-2H3. The van der Waals surface area contributed by atoms with Gasteiger partial charge in [-0.05, 0) is 41.8 Å². The summed E-state index contributed by atoms with van der Waals surface area (Å²) in [5.74, 6) is 0.675. The first-order valence-electron chi connectivity index (χ1n) is 5.96. The summed E-state index contributed by atoms with van der Waals surface area (Å²) in [4.78, 5) is 0. The highest BCUT2D eigenvalue weighted by atomic mass is 79.9. The molecule has 0 N–H and O–H groups in total. The van der Waals surface area contributed by atoms with Gasteiger partial charge in [0.05, 0.1) is 15.9 Å². The SMILES string of the molecule is Cc1cccc(-c2c(Br)c(C3CC3)nn2C)c1. The molecule has 1 aliphatic rings.